The van der Waals surface area contributed by atoms with E-state index in [1.165, 1.54) is 6.07 Å². The minimum Gasteiger partial charge on any atom is -0.355 e. The van der Waals surface area contributed by atoms with Gasteiger partial charge in [0.15, 0.2) is 0 Å². The van der Waals surface area contributed by atoms with Crippen molar-refractivity contribution in [1.29, 1.82) is 0 Å². The Bertz CT molecular complexity index is 593. The molecule has 2 amide bonds. The Kier molecular flexibility index (Phi) is 5.30. The summed E-state index contributed by atoms with van der Waals surface area (Å²) >= 11 is 5.96. The first-order valence-corrected chi connectivity index (χ1v) is 8.09. The Morgan fingerprint density at radius 1 is 1.43 bits per heavy atom. The number of hydrogen-bond donors (Lipinski definition) is 1. The third kappa shape index (κ3) is 4.22. The molecule has 1 aliphatic heterocycles. The van der Waals surface area contributed by atoms with Gasteiger partial charge in [-0.3, -0.25) is 9.59 Å². The van der Waals surface area contributed by atoms with Crippen LogP contribution in [0.25, 0.3) is 0 Å². The van der Waals surface area contributed by atoms with Gasteiger partial charge in [0.2, 0.25) is 11.8 Å². The van der Waals surface area contributed by atoms with Crippen molar-refractivity contribution in [2.24, 2.45) is 5.92 Å². The number of carbonyl (C=O) groups is 2. The van der Waals surface area contributed by atoms with E-state index in [4.69, 9.17) is 11.6 Å². The van der Waals surface area contributed by atoms with Gasteiger partial charge < -0.3 is 10.2 Å². The van der Waals surface area contributed by atoms with E-state index in [-0.39, 0.29) is 35.5 Å². The maximum absolute atomic E-state index is 13.7. The smallest absolute Gasteiger partial charge is 0.225 e. The van der Waals surface area contributed by atoms with Crippen molar-refractivity contribution in [1.82, 2.24) is 10.2 Å². The number of likely N-dealkylation sites (tertiary alicyclic amines) is 1. The van der Waals surface area contributed by atoms with E-state index < -0.39 is 0 Å². The molecule has 1 heterocycles. The second-order valence-corrected chi connectivity index (χ2v) is 7.22. The predicted octanol–water partition coefficient (Wildman–Crippen LogP) is 2.78. The summed E-state index contributed by atoms with van der Waals surface area (Å²) in [6, 6.07) is 4.52. The van der Waals surface area contributed by atoms with Crippen LogP contribution in [0.3, 0.4) is 0 Å². The molecule has 1 aliphatic rings. The fourth-order valence-corrected chi connectivity index (χ4v) is 3.02. The van der Waals surface area contributed by atoms with Crippen molar-refractivity contribution in [2.75, 3.05) is 13.1 Å². The second-order valence-electron chi connectivity index (χ2n) is 6.82. The zero-order valence-electron chi connectivity index (χ0n) is 13.7. The highest BCUT2D eigenvalue weighted by molar-refractivity contribution is 6.31. The summed E-state index contributed by atoms with van der Waals surface area (Å²) < 4.78 is 13.7. The first kappa shape index (κ1) is 17.7. The average molecular weight is 341 g/mol. The van der Waals surface area contributed by atoms with Gasteiger partial charge in [0.25, 0.3) is 0 Å². The van der Waals surface area contributed by atoms with Crippen molar-refractivity contribution >= 4 is 23.4 Å². The summed E-state index contributed by atoms with van der Waals surface area (Å²) in [4.78, 5) is 25.9. The van der Waals surface area contributed by atoms with Crippen LogP contribution in [0.1, 0.15) is 32.8 Å². The maximum atomic E-state index is 13.7. The van der Waals surface area contributed by atoms with E-state index in [1.807, 2.05) is 20.8 Å². The van der Waals surface area contributed by atoms with E-state index in [9.17, 15) is 14.0 Å². The van der Waals surface area contributed by atoms with Crippen LogP contribution in [0.4, 0.5) is 4.39 Å². The topological polar surface area (TPSA) is 49.4 Å². The largest absolute Gasteiger partial charge is 0.355 e. The molecule has 4 nitrogen and oxygen atoms in total. The minimum atomic E-state index is -0.373. The van der Waals surface area contributed by atoms with Gasteiger partial charge in [0.1, 0.15) is 5.82 Å². The normalized spacial score (nSPS) is 18.4. The first-order chi connectivity index (χ1) is 10.7. The van der Waals surface area contributed by atoms with Crippen LogP contribution in [0.15, 0.2) is 18.2 Å². The molecule has 0 aliphatic carbocycles. The van der Waals surface area contributed by atoms with Gasteiger partial charge >= 0.3 is 0 Å². The summed E-state index contributed by atoms with van der Waals surface area (Å²) in [6.45, 7) is 6.57. The van der Waals surface area contributed by atoms with E-state index in [0.29, 0.717) is 30.1 Å². The molecule has 0 radical (unpaired) electrons. The highest BCUT2D eigenvalue weighted by Crippen LogP contribution is 2.26. The van der Waals surface area contributed by atoms with Gasteiger partial charge in [-0.1, -0.05) is 17.7 Å². The summed E-state index contributed by atoms with van der Waals surface area (Å²) in [5.74, 6) is -0.896. The average Bonchev–Trinajstić information content (AvgIpc) is 2.84. The molecule has 0 spiro atoms. The molecule has 2 rings (SSSR count). The summed E-state index contributed by atoms with van der Waals surface area (Å²) in [5, 5.41) is 3.13. The number of carbonyl (C=O) groups excluding carboxylic acids is 2. The molecule has 1 N–H and O–H groups in total. The molecular formula is C17H22ClFN2O2. The number of nitrogens with one attached hydrogen (secondary N) is 1. The second kappa shape index (κ2) is 6.87. The Morgan fingerprint density at radius 2 is 2.13 bits per heavy atom. The Morgan fingerprint density at radius 3 is 2.70 bits per heavy atom. The van der Waals surface area contributed by atoms with Gasteiger partial charge in [-0.2, -0.15) is 0 Å². The van der Waals surface area contributed by atoms with E-state index in [1.54, 1.807) is 17.0 Å². The SMILES string of the molecule is CC(C)(C)N1CC(C(=O)NCCc2c(F)cccc2Cl)CC1=O. The summed E-state index contributed by atoms with van der Waals surface area (Å²) in [6.07, 6.45) is 0.546. The fraction of sp³-hybridized carbons (Fsp3) is 0.529. The van der Waals surface area contributed by atoms with Crippen LogP contribution in [0, 0.1) is 11.7 Å². The highest BCUT2D eigenvalue weighted by Gasteiger charge is 2.39. The van der Waals surface area contributed by atoms with Crippen molar-refractivity contribution in [3.63, 3.8) is 0 Å². The van der Waals surface area contributed by atoms with Crippen molar-refractivity contribution in [2.45, 2.75) is 39.2 Å². The molecule has 0 bridgehead atoms. The minimum absolute atomic E-state index is 0.00482. The van der Waals surface area contributed by atoms with Crippen LogP contribution in [-0.2, 0) is 16.0 Å². The molecule has 126 valence electrons. The van der Waals surface area contributed by atoms with Crippen molar-refractivity contribution in [3.8, 4) is 0 Å². The molecule has 6 heteroatoms. The number of nitrogens with zero attached hydrogens (tertiary/aromatic N) is 1. The number of benzene rings is 1. The van der Waals surface area contributed by atoms with Crippen LogP contribution in [0.5, 0.6) is 0 Å². The Hall–Kier alpha value is -1.62. The van der Waals surface area contributed by atoms with E-state index in [0.717, 1.165) is 0 Å². The standard InChI is InChI=1S/C17H22ClFN2O2/c1-17(2,3)21-10-11(9-15(21)22)16(23)20-8-7-12-13(18)5-4-6-14(12)19/h4-6,11H,7-10H2,1-3H3,(H,20,23). The lowest BCUT2D eigenvalue weighted by Crippen LogP contribution is -2.43. The molecule has 1 aromatic rings. The quantitative estimate of drug-likeness (QED) is 0.916. The van der Waals surface area contributed by atoms with Gasteiger partial charge in [0, 0.05) is 35.6 Å². The summed E-state index contributed by atoms with van der Waals surface area (Å²) in [7, 11) is 0. The molecule has 1 fully saturated rings. The van der Waals surface area contributed by atoms with Crippen LogP contribution < -0.4 is 5.32 Å². The number of halogens is 2. The number of amides is 2. The molecule has 1 aromatic carbocycles. The van der Waals surface area contributed by atoms with E-state index in [2.05, 4.69) is 5.32 Å². The number of rotatable bonds is 4. The number of hydrogen-bond acceptors (Lipinski definition) is 2. The van der Waals surface area contributed by atoms with Gasteiger partial charge in [-0.15, -0.1) is 0 Å². The Balaban J connectivity index is 1.88. The van der Waals surface area contributed by atoms with Crippen LogP contribution in [0.2, 0.25) is 5.02 Å². The molecule has 0 aromatic heterocycles. The third-order valence-electron chi connectivity index (χ3n) is 4.04. The lowest BCUT2D eigenvalue weighted by atomic mass is 10.1. The zero-order chi connectivity index (χ0) is 17.2. The summed E-state index contributed by atoms with van der Waals surface area (Å²) in [5.41, 5.74) is 0.112. The van der Waals surface area contributed by atoms with E-state index >= 15 is 0 Å². The first-order valence-electron chi connectivity index (χ1n) is 7.71. The van der Waals surface area contributed by atoms with Crippen molar-refractivity contribution < 1.29 is 14.0 Å². The molecule has 23 heavy (non-hydrogen) atoms. The lowest BCUT2D eigenvalue weighted by Gasteiger charge is -2.31. The fourth-order valence-electron chi connectivity index (χ4n) is 2.76. The van der Waals surface area contributed by atoms with Crippen LogP contribution >= 0.6 is 11.6 Å². The molecular weight excluding hydrogens is 319 g/mol. The predicted molar refractivity (Wildman–Crippen MR) is 87.7 cm³/mol. The van der Waals surface area contributed by atoms with Gasteiger partial charge in [-0.25, -0.2) is 4.39 Å². The molecule has 0 saturated carbocycles. The highest BCUT2D eigenvalue weighted by atomic mass is 35.5. The third-order valence-corrected chi connectivity index (χ3v) is 4.40. The zero-order valence-corrected chi connectivity index (χ0v) is 14.4. The van der Waals surface area contributed by atoms with Crippen molar-refractivity contribution in [3.05, 3.63) is 34.6 Å². The maximum Gasteiger partial charge on any atom is 0.225 e. The van der Waals surface area contributed by atoms with Crippen LogP contribution in [-0.4, -0.2) is 35.3 Å². The molecule has 1 unspecified atom stereocenters. The Labute approximate surface area is 141 Å². The van der Waals surface area contributed by atoms with Gasteiger partial charge in [0.05, 0.1) is 5.92 Å². The molecule has 1 atom stereocenters. The lowest BCUT2D eigenvalue weighted by molar-refractivity contribution is -0.132. The van der Waals surface area contributed by atoms with Gasteiger partial charge in [-0.05, 0) is 39.3 Å². The molecule has 1 saturated heterocycles. The monoisotopic (exact) mass is 340 g/mol.